The molecule has 1 aliphatic heterocycles. The molecule has 0 saturated carbocycles. The number of ether oxygens (including phenoxy) is 2. The van der Waals surface area contributed by atoms with Crippen LogP contribution in [-0.2, 0) is 14.3 Å². The summed E-state index contributed by atoms with van der Waals surface area (Å²) in [5.41, 5.74) is 5.06. The lowest BCUT2D eigenvalue weighted by Gasteiger charge is -2.27. The molecule has 17 heavy (non-hydrogen) atoms. The maximum atomic E-state index is 11.5. The second-order valence-electron chi connectivity index (χ2n) is 4.96. The van der Waals surface area contributed by atoms with Gasteiger partial charge in [0.2, 0.25) is 0 Å². The molecule has 4 unspecified atom stereocenters. The number of nitrogens with two attached hydrogens (primary N) is 1. The molecule has 0 spiro atoms. The van der Waals surface area contributed by atoms with Crippen LogP contribution in [0.2, 0.25) is 0 Å². The SMILES string of the molecule is COC(=O)C(C)(N)CC(C)SC1CCOC1C. The van der Waals surface area contributed by atoms with Gasteiger partial charge in [-0.15, -0.1) is 0 Å². The predicted molar refractivity (Wildman–Crippen MR) is 70.1 cm³/mol. The highest BCUT2D eigenvalue weighted by atomic mass is 32.2. The number of methoxy groups -OCH3 is 1. The molecule has 4 nitrogen and oxygen atoms in total. The Bertz CT molecular complexity index is 270. The number of hydrogen-bond acceptors (Lipinski definition) is 5. The molecule has 0 bridgehead atoms. The summed E-state index contributed by atoms with van der Waals surface area (Å²) in [6.45, 7) is 6.76. The quantitative estimate of drug-likeness (QED) is 0.761. The van der Waals surface area contributed by atoms with E-state index in [4.69, 9.17) is 15.2 Å². The average Bonchev–Trinajstić information content (AvgIpc) is 2.62. The van der Waals surface area contributed by atoms with Gasteiger partial charge < -0.3 is 15.2 Å². The van der Waals surface area contributed by atoms with Crippen molar-refractivity contribution in [3.05, 3.63) is 0 Å². The van der Waals surface area contributed by atoms with Crippen LogP contribution in [0.5, 0.6) is 0 Å². The predicted octanol–water partition coefficient (Wildman–Crippen LogP) is 1.57. The topological polar surface area (TPSA) is 61.5 Å². The zero-order chi connectivity index (χ0) is 13.1. The molecule has 1 fully saturated rings. The van der Waals surface area contributed by atoms with Crippen LogP contribution < -0.4 is 5.73 Å². The first kappa shape index (κ1) is 14.8. The van der Waals surface area contributed by atoms with E-state index in [9.17, 15) is 4.79 Å². The van der Waals surface area contributed by atoms with Crippen LogP contribution in [0, 0.1) is 0 Å². The highest BCUT2D eigenvalue weighted by Gasteiger charge is 2.34. The van der Waals surface area contributed by atoms with Crippen molar-refractivity contribution >= 4 is 17.7 Å². The molecule has 0 amide bonds. The van der Waals surface area contributed by atoms with E-state index in [0.717, 1.165) is 13.0 Å². The minimum atomic E-state index is -0.899. The van der Waals surface area contributed by atoms with E-state index in [-0.39, 0.29) is 5.97 Å². The summed E-state index contributed by atoms with van der Waals surface area (Å²) in [5.74, 6) is -0.347. The number of carbonyl (C=O) groups excluding carboxylic acids is 1. The highest BCUT2D eigenvalue weighted by Crippen LogP contribution is 2.32. The Labute approximate surface area is 108 Å². The van der Waals surface area contributed by atoms with Gasteiger partial charge in [0.25, 0.3) is 0 Å². The van der Waals surface area contributed by atoms with Crippen molar-refractivity contribution in [1.82, 2.24) is 0 Å². The van der Waals surface area contributed by atoms with Crippen molar-refractivity contribution in [2.75, 3.05) is 13.7 Å². The summed E-state index contributed by atoms with van der Waals surface area (Å²) in [6, 6.07) is 0. The van der Waals surface area contributed by atoms with Crippen LogP contribution in [0.25, 0.3) is 0 Å². The molecule has 0 aliphatic carbocycles. The van der Waals surface area contributed by atoms with Gasteiger partial charge in [-0.2, -0.15) is 11.8 Å². The largest absolute Gasteiger partial charge is 0.468 e. The molecule has 0 radical (unpaired) electrons. The van der Waals surface area contributed by atoms with Gasteiger partial charge in [0.1, 0.15) is 5.54 Å². The van der Waals surface area contributed by atoms with Crippen LogP contribution in [0.1, 0.15) is 33.6 Å². The molecule has 1 aliphatic rings. The van der Waals surface area contributed by atoms with Crippen LogP contribution in [0.4, 0.5) is 0 Å². The highest BCUT2D eigenvalue weighted by molar-refractivity contribution is 8.00. The molecule has 1 heterocycles. The Morgan fingerprint density at radius 3 is 2.82 bits per heavy atom. The van der Waals surface area contributed by atoms with Gasteiger partial charge in [0.15, 0.2) is 0 Å². The zero-order valence-electron chi connectivity index (χ0n) is 11.1. The lowest BCUT2D eigenvalue weighted by atomic mass is 9.98. The summed E-state index contributed by atoms with van der Waals surface area (Å²) < 4.78 is 10.2. The molecule has 1 rings (SSSR count). The number of rotatable bonds is 5. The van der Waals surface area contributed by atoms with Crippen molar-refractivity contribution in [3.63, 3.8) is 0 Å². The van der Waals surface area contributed by atoms with E-state index in [1.807, 2.05) is 11.8 Å². The van der Waals surface area contributed by atoms with Crippen molar-refractivity contribution < 1.29 is 14.3 Å². The fraction of sp³-hybridized carbons (Fsp3) is 0.917. The fourth-order valence-corrected chi connectivity index (χ4v) is 3.72. The fourth-order valence-electron chi connectivity index (χ4n) is 2.15. The first-order chi connectivity index (χ1) is 7.86. The van der Waals surface area contributed by atoms with Crippen LogP contribution in [0.3, 0.4) is 0 Å². The molecule has 0 aromatic heterocycles. The van der Waals surface area contributed by atoms with E-state index < -0.39 is 5.54 Å². The summed E-state index contributed by atoms with van der Waals surface area (Å²) in [4.78, 5) is 11.5. The van der Waals surface area contributed by atoms with Crippen molar-refractivity contribution in [2.24, 2.45) is 5.73 Å². The van der Waals surface area contributed by atoms with Crippen LogP contribution in [0.15, 0.2) is 0 Å². The Kier molecular flexibility index (Phi) is 5.28. The lowest BCUT2D eigenvalue weighted by molar-refractivity contribution is -0.146. The first-order valence-electron chi connectivity index (χ1n) is 6.01. The van der Waals surface area contributed by atoms with Gasteiger partial charge in [-0.3, -0.25) is 4.79 Å². The molecule has 0 aromatic rings. The molecular weight excluding hydrogens is 238 g/mol. The minimum absolute atomic E-state index is 0.296. The van der Waals surface area contributed by atoms with Crippen molar-refractivity contribution in [3.8, 4) is 0 Å². The Balaban J connectivity index is 2.43. The van der Waals surface area contributed by atoms with Gasteiger partial charge in [-0.05, 0) is 26.7 Å². The van der Waals surface area contributed by atoms with E-state index in [0.29, 0.717) is 23.0 Å². The van der Waals surface area contributed by atoms with E-state index in [1.54, 1.807) is 6.92 Å². The third kappa shape index (κ3) is 4.16. The smallest absolute Gasteiger partial charge is 0.325 e. The zero-order valence-corrected chi connectivity index (χ0v) is 11.9. The van der Waals surface area contributed by atoms with Crippen LogP contribution in [-0.4, -0.2) is 41.8 Å². The summed E-state index contributed by atoms with van der Waals surface area (Å²) in [7, 11) is 1.37. The summed E-state index contributed by atoms with van der Waals surface area (Å²) in [5, 5.41) is 0.830. The molecular formula is C12H23NO3S. The maximum Gasteiger partial charge on any atom is 0.325 e. The van der Waals surface area contributed by atoms with Crippen LogP contribution >= 0.6 is 11.8 Å². The summed E-state index contributed by atoms with van der Waals surface area (Å²) in [6.07, 6.45) is 1.99. The molecule has 2 N–H and O–H groups in total. The Morgan fingerprint density at radius 2 is 2.35 bits per heavy atom. The Hall–Kier alpha value is -0.260. The third-order valence-corrected chi connectivity index (χ3v) is 4.68. The molecule has 100 valence electrons. The van der Waals surface area contributed by atoms with E-state index in [2.05, 4.69) is 13.8 Å². The normalized spacial score (nSPS) is 29.7. The Morgan fingerprint density at radius 1 is 1.71 bits per heavy atom. The number of thioether (sulfide) groups is 1. The first-order valence-corrected chi connectivity index (χ1v) is 6.95. The molecule has 0 aromatic carbocycles. The lowest BCUT2D eigenvalue weighted by Crippen LogP contribution is -2.47. The minimum Gasteiger partial charge on any atom is -0.468 e. The van der Waals surface area contributed by atoms with Crippen molar-refractivity contribution in [1.29, 1.82) is 0 Å². The standard InChI is InChI=1S/C12H23NO3S/c1-8(7-12(3,13)11(14)15-4)17-10-5-6-16-9(10)2/h8-10H,5-7,13H2,1-4H3. The maximum absolute atomic E-state index is 11.5. The average molecular weight is 261 g/mol. The number of carbonyl (C=O) groups is 1. The summed E-state index contributed by atoms with van der Waals surface area (Å²) >= 11 is 1.86. The number of esters is 1. The van der Waals surface area contributed by atoms with Gasteiger partial charge in [0, 0.05) is 17.1 Å². The van der Waals surface area contributed by atoms with Gasteiger partial charge >= 0.3 is 5.97 Å². The second-order valence-corrected chi connectivity index (χ2v) is 6.65. The van der Waals surface area contributed by atoms with Gasteiger partial charge in [-0.25, -0.2) is 0 Å². The molecule has 5 heteroatoms. The van der Waals surface area contributed by atoms with Gasteiger partial charge in [-0.1, -0.05) is 6.92 Å². The number of hydrogen-bond donors (Lipinski definition) is 1. The van der Waals surface area contributed by atoms with E-state index in [1.165, 1.54) is 7.11 Å². The van der Waals surface area contributed by atoms with Crippen molar-refractivity contribution in [2.45, 2.75) is 55.8 Å². The molecule has 4 atom stereocenters. The monoisotopic (exact) mass is 261 g/mol. The molecule has 1 saturated heterocycles. The second kappa shape index (κ2) is 6.07. The third-order valence-electron chi connectivity index (χ3n) is 3.08. The van der Waals surface area contributed by atoms with E-state index >= 15 is 0 Å². The van der Waals surface area contributed by atoms with Gasteiger partial charge in [0.05, 0.1) is 13.2 Å².